The molecule has 6 heterocycles. The highest BCUT2D eigenvalue weighted by molar-refractivity contribution is 6.15. The minimum atomic E-state index is 0.590. The second-order valence-electron chi connectivity index (χ2n) is 25.7. The molecule has 0 atom stereocenters. The van der Waals surface area contributed by atoms with E-state index in [1.54, 1.807) is 0 Å². The van der Waals surface area contributed by atoms with Crippen LogP contribution < -0.4 is 0 Å². The predicted molar refractivity (Wildman–Crippen MR) is 417 cm³/mol. The topological polar surface area (TPSA) is 84.2 Å². The molecule has 6 aromatic heterocycles. The standard InChI is InChI=1S/C46H31N5.C46H30N4/c1-30-14-8-11-21-39(30)50-40-22-12-9-19-35(40)37-28-33(24-26-42(37)50)34-25-27-43-38(29-34)36-20-10-13-23-41(36)51(43)46-48-44(31-15-4-2-5-16-31)47-45(49-46)32-17-6-3-7-18-32;1-3-11-31(12-4-1)32-19-21-33(22-20-32)36-29-47-46(48-30-36)50-43-18-10-8-16-39(43)41-28-35(24-26-45(41)50)34-23-25-44-40(27-34)38-15-7-9-17-42(38)49(44)37-13-5-2-6-14-37/h2-29H,1H3;1-30H. The van der Waals surface area contributed by atoms with E-state index in [1.165, 1.54) is 93.5 Å². The predicted octanol–water partition coefficient (Wildman–Crippen LogP) is 23.0. The third kappa shape index (κ3) is 10.2. The zero-order valence-corrected chi connectivity index (χ0v) is 55.0. The molecule has 0 saturated carbocycles. The summed E-state index contributed by atoms with van der Waals surface area (Å²) in [5.41, 5.74) is 23.7. The van der Waals surface area contributed by atoms with E-state index in [-0.39, 0.29) is 0 Å². The number of aryl methyl sites for hydroxylation is 1. The summed E-state index contributed by atoms with van der Waals surface area (Å²) in [7, 11) is 0. The van der Waals surface area contributed by atoms with Crippen molar-refractivity contribution in [2.45, 2.75) is 6.92 Å². The van der Waals surface area contributed by atoms with Gasteiger partial charge in [0, 0.05) is 83.5 Å². The zero-order valence-electron chi connectivity index (χ0n) is 55.0. The van der Waals surface area contributed by atoms with Gasteiger partial charge >= 0.3 is 0 Å². The first-order valence-corrected chi connectivity index (χ1v) is 34.1. The van der Waals surface area contributed by atoms with Gasteiger partial charge in [-0.05, 0) is 142 Å². The highest BCUT2D eigenvalue weighted by atomic mass is 15.2. The minimum Gasteiger partial charge on any atom is -0.309 e. The van der Waals surface area contributed by atoms with Crippen LogP contribution in [0.25, 0.3) is 178 Å². The molecule has 0 bridgehead atoms. The lowest BCUT2D eigenvalue weighted by Crippen LogP contribution is -2.06. The fourth-order valence-corrected chi connectivity index (χ4v) is 14.9. The Morgan fingerprint density at radius 2 is 0.515 bits per heavy atom. The van der Waals surface area contributed by atoms with Crippen LogP contribution in [-0.2, 0) is 0 Å². The summed E-state index contributed by atoms with van der Waals surface area (Å²) >= 11 is 0. The lowest BCUT2D eigenvalue weighted by molar-refractivity contribution is 0.953. The summed E-state index contributed by atoms with van der Waals surface area (Å²) in [4.78, 5) is 24.9. The Morgan fingerprint density at radius 3 is 0.960 bits per heavy atom. The Kier molecular flexibility index (Phi) is 14.2. The molecule has 20 rings (SSSR count). The molecule has 9 heteroatoms. The van der Waals surface area contributed by atoms with Gasteiger partial charge in [0.2, 0.25) is 11.9 Å². The van der Waals surface area contributed by atoms with E-state index in [4.69, 9.17) is 24.9 Å². The Labute approximate surface area is 582 Å². The van der Waals surface area contributed by atoms with Crippen LogP contribution in [0.3, 0.4) is 0 Å². The van der Waals surface area contributed by atoms with Gasteiger partial charge in [0.1, 0.15) is 0 Å². The number of nitrogens with zero attached hydrogens (tertiary/aromatic N) is 9. The first-order valence-electron chi connectivity index (χ1n) is 34.1. The summed E-state index contributed by atoms with van der Waals surface area (Å²) in [6.45, 7) is 2.18. The van der Waals surface area contributed by atoms with Crippen molar-refractivity contribution in [3.63, 3.8) is 0 Å². The van der Waals surface area contributed by atoms with Gasteiger partial charge in [-0.15, -0.1) is 0 Å². The molecule has 0 spiro atoms. The molecular weight excluding hydrogens is 1230 g/mol. The van der Waals surface area contributed by atoms with Crippen LogP contribution >= 0.6 is 0 Å². The Bertz CT molecular complexity index is 6490. The van der Waals surface area contributed by atoms with E-state index in [0.29, 0.717) is 23.5 Å². The van der Waals surface area contributed by atoms with Crippen molar-refractivity contribution in [1.29, 1.82) is 0 Å². The first kappa shape index (κ1) is 58.7. The molecule has 474 valence electrons. The molecule has 101 heavy (non-hydrogen) atoms. The smallest absolute Gasteiger partial charge is 0.238 e. The molecule has 0 aliphatic rings. The number of hydrogen-bond donors (Lipinski definition) is 0. The highest BCUT2D eigenvalue weighted by Crippen LogP contribution is 2.42. The van der Waals surface area contributed by atoms with Crippen molar-refractivity contribution >= 4 is 87.2 Å². The number of hydrogen-bond acceptors (Lipinski definition) is 5. The molecule has 0 saturated heterocycles. The highest BCUT2D eigenvalue weighted by Gasteiger charge is 2.22. The van der Waals surface area contributed by atoms with Crippen molar-refractivity contribution < 1.29 is 0 Å². The van der Waals surface area contributed by atoms with Gasteiger partial charge in [-0.25, -0.2) is 15.0 Å². The van der Waals surface area contributed by atoms with Gasteiger partial charge in [-0.2, -0.15) is 9.97 Å². The third-order valence-corrected chi connectivity index (χ3v) is 19.8. The van der Waals surface area contributed by atoms with Gasteiger partial charge < -0.3 is 9.13 Å². The van der Waals surface area contributed by atoms with Crippen LogP contribution in [0.2, 0.25) is 0 Å². The fourth-order valence-electron chi connectivity index (χ4n) is 14.9. The van der Waals surface area contributed by atoms with Crippen LogP contribution in [0.1, 0.15) is 5.56 Å². The molecule has 0 radical (unpaired) electrons. The Hall–Kier alpha value is -13.6. The summed E-state index contributed by atoms with van der Waals surface area (Å²) in [6, 6.07) is 120. The van der Waals surface area contributed by atoms with E-state index in [9.17, 15) is 0 Å². The molecule has 0 fully saturated rings. The minimum absolute atomic E-state index is 0.590. The van der Waals surface area contributed by atoms with Crippen molar-refractivity contribution in [3.8, 4) is 90.6 Å². The summed E-state index contributed by atoms with van der Waals surface area (Å²) < 4.78 is 9.10. The van der Waals surface area contributed by atoms with Crippen LogP contribution in [0.5, 0.6) is 0 Å². The molecule has 0 amide bonds. The largest absolute Gasteiger partial charge is 0.309 e. The maximum atomic E-state index is 5.09. The second-order valence-corrected chi connectivity index (χ2v) is 25.7. The molecular formula is C92H61N9. The third-order valence-electron chi connectivity index (χ3n) is 19.8. The normalized spacial score (nSPS) is 11.6. The molecule has 0 unspecified atom stereocenters. The number of benzene rings is 14. The monoisotopic (exact) mass is 1290 g/mol. The van der Waals surface area contributed by atoms with Gasteiger partial charge in [-0.3, -0.25) is 9.13 Å². The van der Waals surface area contributed by atoms with Crippen LogP contribution in [0.15, 0.2) is 352 Å². The summed E-state index contributed by atoms with van der Waals surface area (Å²) in [5.74, 6) is 2.52. The molecule has 20 aromatic rings. The molecule has 0 aliphatic carbocycles. The van der Waals surface area contributed by atoms with Crippen LogP contribution in [-0.4, -0.2) is 43.2 Å². The first-order chi connectivity index (χ1) is 50.0. The Morgan fingerprint density at radius 1 is 0.208 bits per heavy atom. The zero-order chi connectivity index (χ0) is 66.9. The second kappa shape index (κ2) is 24.5. The quantitative estimate of drug-likeness (QED) is 0.136. The molecule has 0 aliphatic heterocycles. The van der Waals surface area contributed by atoms with E-state index < -0.39 is 0 Å². The summed E-state index contributed by atoms with van der Waals surface area (Å²) in [5, 5.41) is 9.62. The van der Waals surface area contributed by atoms with Crippen LogP contribution in [0.4, 0.5) is 0 Å². The summed E-state index contributed by atoms with van der Waals surface area (Å²) in [6.07, 6.45) is 3.85. The van der Waals surface area contributed by atoms with Crippen molar-refractivity contribution in [2.75, 3.05) is 0 Å². The SMILES string of the molecule is Cc1ccccc1-n1c2ccccc2c2cc(-c3ccc4c(c3)c3ccccc3n4-c3nc(-c4ccccc4)nc(-c4ccccc4)n3)ccc21.c1ccc(-c2ccc(-c3cnc(-n4c5ccccc5c5cc(-c6ccc7c(c6)c6ccccc6n7-c6ccccc6)ccc54)nc3)cc2)cc1. The van der Waals surface area contributed by atoms with Gasteiger partial charge in [0.05, 0.1) is 44.1 Å². The number of fused-ring (bicyclic) bond motifs is 12. The Balaban J connectivity index is 0.000000140. The van der Waals surface area contributed by atoms with E-state index >= 15 is 0 Å². The van der Waals surface area contributed by atoms with Crippen molar-refractivity contribution in [3.05, 3.63) is 358 Å². The lowest BCUT2D eigenvalue weighted by Gasteiger charge is -2.11. The molecule has 14 aromatic carbocycles. The van der Waals surface area contributed by atoms with E-state index in [2.05, 4.69) is 298 Å². The lowest BCUT2D eigenvalue weighted by atomic mass is 10.0. The molecule has 9 nitrogen and oxygen atoms in total. The number of aromatic nitrogens is 9. The number of para-hydroxylation sites is 6. The maximum absolute atomic E-state index is 5.09. The van der Waals surface area contributed by atoms with Crippen molar-refractivity contribution in [1.82, 2.24) is 43.2 Å². The van der Waals surface area contributed by atoms with Gasteiger partial charge in [0.25, 0.3) is 0 Å². The van der Waals surface area contributed by atoms with E-state index in [1.807, 2.05) is 79.1 Å². The molecule has 0 N–H and O–H groups in total. The van der Waals surface area contributed by atoms with Gasteiger partial charge in [-0.1, -0.05) is 249 Å². The number of rotatable bonds is 10. The average Bonchev–Trinajstić information content (AvgIpc) is 1.60. The van der Waals surface area contributed by atoms with Crippen LogP contribution in [0, 0.1) is 6.92 Å². The van der Waals surface area contributed by atoms with Crippen molar-refractivity contribution in [2.24, 2.45) is 0 Å². The van der Waals surface area contributed by atoms with E-state index in [0.717, 1.165) is 66.3 Å². The average molecular weight is 1290 g/mol. The maximum Gasteiger partial charge on any atom is 0.238 e. The van der Waals surface area contributed by atoms with Gasteiger partial charge in [0.15, 0.2) is 11.6 Å². The fraction of sp³-hybridized carbons (Fsp3) is 0.0109.